The molecule has 0 aliphatic heterocycles. The molecule has 0 saturated carbocycles. The van der Waals surface area contributed by atoms with Crippen molar-refractivity contribution >= 4 is 11.9 Å². The van der Waals surface area contributed by atoms with Crippen molar-refractivity contribution in [3.05, 3.63) is 36.5 Å². The van der Waals surface area contributed by atoms with Crippen molar-refractivity contribution in [3.63, 3.8) is 0 Å². The van der Waals surface area contributed by atoms with Crippen LogP contribution in [0.5, 0.6) is 0 Å². The number of unbranched alkanes of at least 4 members (excludes halogenated alkanes) is 30. The van der Waals surface area contributed by atoms with E-state index in [1.165, 1.54) is 173 Å². The molecule has 57 heavy (non-hydrogen) atoms. The molecule has 0 fully saturated rings. The molecule has 6 nitrogen and oxygen atoms in total. The molecule has 0 bridgehead atoms. The Balaban J connectivity index is 3.44. The van der Waals surface area contributed by atoms with Gasteiger partial charge in [0.15, 0.2) is 0 Å². The lowest BCUT2D eigenvalue weighted by molar-refractivity contribution is -0.143. The summed E-state index contributed by atoms with van der Waals surface area (Å²) < 4.78 is 5.45. The van der Waals surface area contributed by atoms with Gasteiger partial charge in [-0.25, -0.2) is 0 Å². The smallest absolute Gasteiger partial charge is 0.305 e. The van der Waals surface area contributed by atoms with Gasteiger partial charge in [-0.2, -0.15) is 0 Å². The number of allylic oxidation sites excluding steroid dienone is 5. The van der Waals surface area contributed by atoms with E-state index in [1.807, 2.05) is 6.08 Å². The van der Waals surface area contributed by atoms with E-state index in [0.717, 1.165) is 51.4 Å². The second kappa shape index (κ2) is 46.8. The Hall–Kier alpha value is -1.92. The summed E-state index contributed by atoms with van der Waals surface area (Å²) in [6.45, 7) is 4.79. The largest absolute Gasteiger partial charge is 0.466 e. The van der Waals surface area contributed by atoms with E-state index in [1.54, 1.807) is 6.08 Å². The summed E-state index contributed by atoms with van der Waals surface area (Å²) in [6, 6.07) is -0.630. The summed E-state index contributed by atoms with van der Waals surface area (Å²) in [6.07, 6.45) is 55.7. The Morgan fingerprint density at radius 1 is 0.491 bits per heavy atom. The molecular weight excluding hydrogens is 707 g/mol. The first kappa shape index (κ1) is 55.1. The maximum atomic E-state index is 12.4. The van der Waals surface area contributed by atoms with Crippen LogP contribution in [0.2, 0.25) is 0 Å². The molecule has 0 spiro atoms. The van der Waals surface area contributed by atoms with Gasteiger partial charge in [0.1, 0.15) is 0 Å². The van der Waals surface area contributed by atoms with Crippen LogP contribution in [0.3, 0.4) is 0 Å². The lowest BCUT2D eigenvalue weighted by Gasteiger charge is -2.20. The second-order valence-corrected chi connectivity index (χ2v) is 16.8. The van der Waals surface area contributed by atoms with Gasteiger partial charge < -0.3 is 20.3 Å². The monoisotopic (exact) mass is 802 g/mol. The van der Waals surface area contributed by atoms with Crippen LogP contribution in [0.4, 0.5) is 0 Å². The molecule has 1 amide bonds. The molecular formula is C51H95NO5. The molecule has 334 valence electrons. The highest BCUT2D eigenvalue weighted by atomic mass is 16.5. The first-order valence-corrected chi connectivity index (χ1v) is 24.8. The van der Waals surface area contributed by atoms with E-state index in [-0.39, 0.29) is 18.5 Å². The van der Waals surface area contributed by atoms with Crippen molar-refractivity contribution in [2.45, 2.75) is 264 Å². The molecule has 0 saturated heterocycles. The average Bonchev–Trinajstić information content (AvgIpc) is 3.21. The summed E-state index contributed by atoms with van der Waals surface area (Å²) in [5, 5.41) is 22.9. The lowest BCUT2D eigenvalue weighted by atomic mass is 10.0. The van der Waals surface area contributed by atoms with E-state index in [2.05, 4.69) is 43.5 Å². The van der Waals surface area contributed by atoms with Gasteiger partial charge in [0.2, 0.25) is 5.91 Å². The van der Waals surface area contributed by atoms with Gasteiger partial charge in [-0.3, -0.25) is 9.59 Å². The molecule has 2 atom stereocenters. The zero-order chi connectivity index (χ0) is 41.5. The first-order chi connectivity index (χ1) is 28.0. The summed E-state index contributed by atoms with van der Waals surface area (Å²) >= 11 is 0. The third-order valence-corrected chi connectivity index (χ3v) is 11.1. The van der Waals surface area contributed by atoms with E-state index < -0.39 is 12.1 Å². The third kappa shape index (κ3) is 43.5. The SMILES string of the molecule is CCC/C=C\C/C=C\CCCCCCCC(=O)OCCCCCCCCCCCCCCCCCCCC(=O)NC(CO)C(O)/C=C/CCCCCCCCCC. The molecule has 0 aromatic carbocycles. The van der Waals surface area contributed by atoms with Crippen LogP contribution >= 0.6 is 0 Å². The Labute approximate surface area is 353 Å². The Morgan fingerprint density at radius 2 is 0.912 bits per heavy atom. The number of ether oxygens (including phenoxy) is 1. The summed E-state index contributed by atoms with van der Waals surface area (Å²) in [5.41, 5.74) is 0. The number of carbonyl (C=O) groups is 2. The van der Waals surface area contributed by atoms with Crippen LogP contribution in [0, 0.1) is 0 Å². The number of aliphatic hydroxyl groups excluding tert-OH is 2. The Bertz CT molecular complexity index is 931. The molecule has 0 radical (unpaired) electrons. The van der Waals surface area contributed by atoms with Crippen LogP contribution in [-0.2, 0) is 14.3 Å². The number of hydrogen-bond acceptors (Lipinski definition) is 5. The van der Waals surface area contributed by atoms with Crippen molar-refractivity contribution in [1.82, 2.24) is 5.32 Å². The molecule has 0 aliphatic carbocycles. The molecule has 0 aromatic rings. The summed E-state index contributed by atoms with van der Waals surface area (Å²) in [4.78, 5) is 24.4. The van der Waals surface area contributed by atoms with Crippen molar-refractivity contribution in [3.8, 4) is 0 Å². The second-order valence-electron chi connectivity index (χ2n) is 16.8. The minimum atomic E-state index is -0.846. The Kier molecular flexibility index (Phi) is 45.2. The molecule has 0 aliphatic rings. The molecule has 0 rings (SSSR count). The highest BCUT2D eigenvalue weighted by Crippen LogP contribution is 2.15. The highest BCUT2D eigenvalue weighted by Gasteiger charge is 2.18. The molecule has 0 aromatic heterocycles. The van der Waals surface area contributed by atoms with Gasteiger partial charge in [-0.05, 0) is 57.8 Å². The highest BCUT2D eigenvalue weighted by molar-refractivity contribution is 5.76. The Morgan fingerprint density at radius 3 is 1.40 bits per heavy atom. The predicted molar refractivity (Wildman–Crippen MR) is 246 cm³/mol. The zero-order valence-corrected chi connectivity index (χ0v) is 37.8. The van der Waals surface area contributed by atoms with Gasteiger partial charge in [0.05, 0.1) is 25.4 Å². The topological polar surface area (TPSA) is 95.9 Å². The van der Waals surface area contributed by atoms with Crippen molar-refractivity contribution in [2.24, 2.45) is 0 Å². The minimum absolute atomic E-state index is 0.0119. The number of rotatable bonds is 45. The number of carbonyl (C=O) groups excluding carboxylic acids is 2. The predicted octanol–water partition coefficient (Wildman–Crippen LogP) is 14.5. The normalized spacial score (nSPS) is 13.0. The van der Waals surface area contributed by atoms with Crippen LogP contribution in [0.25, 0.3) is 0 Å². The number of amides is 1. The first-order valence-electron chi connectivity index (χ1n) is 24.8. The minimum Gasteiger partial charge on any atom is -0.466 e. The number of nitrogens with one attached hydrogen (secondary N) is 1. The van der Waals surface area contributed by atoms with Crippen molar-refractivity contribution in [1.29, 1.82) is 0 Å². The lowest BCUT2D eigenvalue weighted by Crippen LogP contribution is -2.45. The van der Waals surface area contributed by atoms with Crippen LogP contribution in [-0.4, -0.2) is 47.4 Å². The maximum Gasteiger partial charge on any atom is 0.305 e. The number of aliphatic hydroxyl groups is 2. The fourth-order valence-electron chi connectivity index (χ4n) is 7.32. The van der Waals surface area contributed by atoms with Gasteiger partial charge in [-0.1, -0.05) is 217 Å². The fourth-order valence-corrected chi connectivity index (χ4v) is 7.32. The van der Waals surface area contributed by atoms with Crippen molar-refractivity contribution < 1.29 is 24.5 Å². The molecule has 3 N–H and O–H groups in total. The fraction of sp³-hybridized carbons (Fsp3) is 0.843. The molecule has 6 heteroatoms. The summed E-state index contributed by atoms with van der Waals surface area (Å²) in [5.74, 6) is -0.0886. The average molecular weight is 802 g/mol. The van der Waals surface area contributed by atoms with Gasteiger partial charge in [0, 0.05) is 12.8 Å². The molecule has 2 unspecified atom stereocenters. The van der Waals surface area contributed by atoms with E-state index in [9.17, 15) is 19.8 Å². The van der Waals surface area contributed by atoms with E-state index >= 15 is 0 Å². The van der Waals surface area contributed by atoms with Gasteiger partial charge in [-0.15, -0.1) is 0 Å². The van der Waals surface area contributed by atoms with E-state index in [0.29, 0.717) is 19.4 Å². The molecule has 0 heterocycles. The van der Waals surface area contributed by atoms with Gasteiger partial charge >= 0.3 is 5.97 Å². The maximum absolute atomic E-state index is 12.4. The van der Waals surface area contributed by atoms with E-state index in [4.69, 9.17) is 4.74 Å². The van der Waals surface area contributed by atoms with Gasteiger partial charge in [0.25, 0.3) is 0 Å². The third-order valence-electron chi connectivity index (χ3n) is 11.1. The number of esters is 1. The van der Waals surface area contributed by atoms with Crippen LogP contribution < -0.4 is 5.32 Å². The quantitative estimate of drug-likeness (QED) is 0.0324. The number of hydrogen-bond donors (Lipinski definition) is 3. The standard InChI is InChI=1S/C51H95NO5/c1-3-5-7-9-11-13-15-21-25-29-33-37-41-45-51(56)57-46-42-38-34-30-26-23-20-18-16-17-19-22-24-28-32-36-40-44-50(55)52-48(47-53)49(54)43-39-35-31-27-14-12-10-8-6-4-2/h7,9,13,15,39,43,48-49,53-54H,3-6,8,10-12,14,16-38,40-42,44-47H2,1-2H3,(H,52,55)/b9-7-,15-13-,43-39+. The summed E-state index contributed by atoms with van der Waals surface area (Å²) in [7, 11) is 0. The van der Waals surface area contributed by atoms with Crippen molar-refractivity contribution in [2.75, 3.05) is 13.2 Å². The van der Waals surface area contributed by atoms with Crippen LogP contribution in [0.15, 0.2) is 36.5 Å². The van der Waals surface area contributed by atoms with Crippen LogP contribution in [0.1, 0.15) is 251 Å². The zero-order valence-electron chi connectivity index (χ0n) is 37.8.